The highest BCUT2D eigenvalue weighted by Gasteiger charge is 2.24. The number of carbonyl (C=O) groups excluding carboxylic acids is 2. The van der Waals surface area contributed by atoms with Crippen LogP contribution >= 0.6 is 11.3 Å². The molecule has 1 N–H and O–H groups in total. The van der Waals surface area contributed by atoms with E-state index in [0.717, 1.165) is 41.2 Å². The Labute approximate surface area is 146 Å². The lowest BCUT2D eigenvalue weighted by molar-refractivity contribution is -0.116. The van der Waals surface area contributed by atoms with E-state index in [4.69, 9.17) is 0 Å². The van der Waals surface area contributed by atoms with Crippen LogP contribution in [0.5, 0.6) is 0 Å². The van der Waals surface area contributed by atoms with Crippen molar-refractivity contribution < 1.29 is 9.59 Å². The molecule has 126 valence electrons. The minimum Gasteiger partial charge on any atom is -0.326 e. The van der Waals surface area contributed by atoms with Crippen molar-refractivity contribution in [1.82, 2.24) is 0 Å². The minimum absolute atomic E-state index is 0.0345. The van der Waals surface area contributed by atoms with Crippen molar-refractivity contribution in [2.75, 3.05) is 16.8 Å². The van der Waals surface area contributed by atoms with Gasteiger partial charge in [-0.2, -0.15) is 0 Å². The molecular formula is C19H22N2O2S. The second-order valence-electron chi connectivity index (χ2n) is 6.53. The van der Waals surface area contributed by atoms with Crippen LogP contribution in [0, 0.1) is 5.92 Å². The van der Waals surface area contributed by atoms with Gasteiger partial charge in [0, 0.05) is 24.3 Å². The van der Waals surface area contributed by atoms with E-state index in [2.05, 4.69) is 5.32 Å². The van der Waals surface area contributed by atoms with Crippen molar-refractivity contribution in [2.45, 2.75) is 33.1 Å². The molecule has 0 saturated carbocycles. The van der Waals surface area contributed by atoms with Crippen LogP contribution in [-0.4, -0.2) is 18.4 Å². The van der Waals surface area contributed by atoms with Gasteiger partial charge in [-0.1, -0.05) is 19.9 Å². The summed E-state index contributed by atoms with van der Waals surface area (Å²) in [6.07, 6.45) is 2.38. The van der Waals surface area contributed by atoms with Gasteiger partial charge in [0.1, 0.15) is 0 Å². The first-order chi connectivity index (χ1) is 11.5. The highest BCUT2D eigenvalue weighted by Crippen LogP contribution is 2.31. The quantitative estimate of drug-likeness (QED) is 0.899. The maximum Gasteiger partial charge on any atom is 0.268 e. The van der Waals surface area contributed by atoms with Gasteiger partial charge in [-0.25, -0.2) is 0 Å². The van der Waals surface area contributed by atoms with Crippen LogP contribution in [0.1, 0.15) is 41.9 Å². The maximum atomic E-state index is 12.7. The summed E-state index contributed by atoms with van der Waals surface area (Å²) in [5, 5.41) is 4.88. The molecule has 0 spiro atoms. The number of benzene rings is 1. The zero-order valence-electron chi connectivity index (χ0n) is 14.0. The van der Waals surface area contributed by atoms with Gasteiger partial charge in [-0.3, -0.25) is 9.59 Å². The zero-order chi connectivity index (χ0) is 17.1. The van der Waals surface area contributed by atoms with Gasteiger partial charge in [0.15, 0.2) is 0 Å². The highest BCUT2D eigenvalue weighted by atomic mass is 32.1. The number of rotatable bonds is 4. The van der Waals surface area contributed by atoms with E-state index < -0.39 is 0 Å². The lowest BCUT2D eigenvalue weighted by Crippen LogP contribution is -2.35. The largest absolute Gasteiger partial charge is 0.326 e. The number of aryl methyl sites for hydroxylation is 1. The predicted octanol–water partition coefficient (Wildman–Crippen LogP) is 4.33. The van der Waals surface area contributed by atoms with Crippen molar-refractivity contribution in [1.29, 1.82) is 0 Å². The molecule has 0 fully saturated rings. The van der Waals surface area contributed by atoms with Crippen LogP contribution < -0.4 is 10.2 Å². The molecule has 5 heteroatoms. The van der Waals surface area contributed by atoms with Gasteiger partial charge in [0.05, 0.1) is 4.88 Å². The molecule has 0 aliphatic carbocycles. The number of nitrogens with one attached hydrogen (secondary N) is 1. The van der Waals surface area contributed by atoms with Crippen LogP contribution in [0.25, 0.3) is 0 Å². The molecule has 2 amide bonds. The van der Waals surface area contributed by atoms with Crippen LogP contribution in [0.4, 0.5) is 11.4 Å². The molecule has 2 aromatic rings. The third-order valence-corrected chi connectivity index (χ3v) is 4.91. The van der Waals surface area contributed by atoms with Crippen LogP contribution in [0.2, 0.25) is 0 Å². The average Bonchev–Trinajstić information content (AvgIpc) is 3.07. The smallest absolute Gasteiger partial charge is 0.268 e. The Bertz CT molecular complexity index is 738. The third-order valence-electron chi connectivity index (χ3n) is 4.05. The molecule has 2 heterocycles. The molecule has 0 saturated heterocycles. The second-order valence-corrected chi connectivity index (χ2v) is 7.47. The Hall–Kier alpha value is -2.14. The first kappa shape index (κ1) is 16.7. The number of amides is 2. The Morgan fingerprint density at radius 1 is 1.29 bits per heavy atom. The fraction of sp³-hybridized carbons (Fsp3) is 0.368. The summed E-state index contributed by atoms with van der Waals surface area (Å²) >= 11 is 1.47. The average molecular weight is 342 g/mol. The van der Waals surface area contributed by atoms with Gasteiger partial charge in [0.2, 0.25) is 5.91 Å². The zero-order valence-corrected chi connectivity index (χ0v) is 14.9. The fourth-order valence-corrected chi connectivity index (χ4v) is 3.67. The van der Waals surface area contributed by atoms with Gasteiger partial charge >= 0.3 is 0 Å². The molecule has 1 aromatic carbocycles. The molecule has 1 aliphatic rings. The Morgan fingerprint density at radius 2 is 2.12 bits per heavy atom. The second kappa shape index (κ2) is 7.18. The van der Waals surface area contributed by atoms with E-state index in [0.29, 0.717) is 12.3 Å². The molecule has 4 nitrogen and oxygen atoms in total. The topological polar surface area (TPSA) is 49.4 Å². The maximum absolute atomic E-state index is 12.7. The standard InChI is InChI=1S/C19H22N2O2S/c1-13(2)11-18(22)20-15-7-8-16-14(12-15)5-3-9-21(16)19(23)17-6-4-10-24-17/h4,6-8,10,12-13H,3,5,9,11H2,1-2H3,(H,20,22). The van der Waals surface area contributed by atoms with Crippen LogP contribution in [0.3, 0.4) is 0 Å². The molecule has 0 bridgehead atoms. The fourth-order valence-electron chi connectivity index (χ4n) is 3.00. The normalized spacial score (nSPS) is 13.7. The first-order valence-corrected chi connectivity index (χ1v) is 9.20. The number of thiophene rings is 1. The van der Waals surface area contributed by atoms with Gasteiger partial charge in [-0.15, -0.1) is 11.3 Å². The molecule has 3 rings (SSSR count). The first-order valence-electron chi connectivity index (χ1n) is 8.32. The molecule has 0 unspecified atom stereocenters. The lowest BCUT2D eigenvalue weighted by atomic mass is 10.0. The van der Waals surface area contributed by atoms with Crippen LogP contribution in [0.15, 0.2) is 35.7 Å². The molecule has 24 heavy (non-hydrogen) atoms. The van der Waals surface area contributed by atoms with E-state index in [-0.39, 0.29) is 11.8 Å². The third kappa shape index (κ3) is 3.67. The molecule has 1 aromatic heterocycles. The monoisotopic (exact) mass is 342 g/mol. The minimum atomic E-state index is 0.0345. The van der Waals surface area contributed by atoms with Crippen molar-refractivity contribution in [3.63, 3.8) is 0 Å². The molecule has 0 atom stereocenters. The number of fused-ring (bicyclic) bond motifs is 1. The van der Waals surface area contributed by atoms with Crippen molar-refractivity contribution in [3.8, 4) is 0 Å². The Morgan fingerprint density at radius 3 is 2.83 bits per heavy atom. The molecular weight excluding hydrogens is 320 g/mol. The number of hydrogen-bond donors (Lipinski definition) is 1. The predicted molar refractivity (Wildman–Crippen MR) is 98.8 cm³/mol. The van der Waals surface area contributed by atoms with E-state index >= 15 is 0 Å². The molecule has 1 aliphatic heterocycles. The highest BCUT2D eigenvalue weighted by molar-refractivity contribution is 7.12. The summed E-state index contributed by atoms with van der Waals surface area (Å²) in [6.45, 7) is 4.80. The van der Waals surface area contributed by atoms with Crippen LogP contribution in [-0.2, 0) is 11.2 Å². The van der Waals surface area contributed by atoms with E-state index in [1.165, 1.54) is 11.3 Å². The van der Waals surface area contributed by atoms with Crippen molar-refractivity contribution in [2.24, 2.45) is 5.92 Å². The van der Waals surface area contributed by atoms with Gasteiger partial charge < -0.3 is 10.2 Å². The Balaban J connectivity index is 1.80. The van der Waals surface area contributed by atoms with Gasteiger partial charge in [-0.05, 0) is 54.0 Å². The summed E-state index contributed by atoms with van der Waals surface area (Å²) in [5.74, 6) is 0.427. The summed E-state index contributed by atoms with van der Waals surface area (Å²) in [7, 11) is 0. The van der Waals surface area contributed by atoms with Crippen molar-refractivity contribution in [3.05, 3.63) is 46.2 Å². The lowest BCUT2D eigenvalue weighted by Gasteiger charge is -2.29. The number of nitrogens with zero attached hydrogens (tertiary/aromatic N) is 1. The van der Waals surface area contributed by atoms with E-state index in [1.54, 1.807) is 0 Å². The van der Waals surface area contributed by atoms with E-state index in [9.17, 15) is 9.59 Å². The summed E-state index contributed by atoms with van der Waals surface area (Å²) in [5.41, 5.74) is 2.89. The van der Waals surface area contributed by atoms with Crippen molar-refractivity contribution >= 4 is 34.5 Å². The number of carbonyl (C=O) groups is 2. The summed E-state index contributed by atoms with van der Waals surface area (Å²) in [4.78, 5) is 27.2. The van der Waals surface area contributed by atoms with E-state index in [1.807, 2.05) is 54.5 Å². The number of anilines is 2. The van der Waals surface area contributed by atoms with Gasteiger partial charge in [0.25, 0.3) is 5.91 Å². The summed E-state index contributed by atoms with van der Waals surface area (Å²) < 4.78 is 0. The summed E-state index contributed by atoms with van der Waals surface area (Å²) in [6, 6.07) is 9.60. The molecule has 0 radical (unpaired) electrons. The number of hydrogen-bond acceptors (Lipinski definition) is 3. The Kier molecular flexibility index (Phi) is 5.00. The SMILES string of the molecule is CC(C)CC(=O)Nc1ccc2c(c1)CCCN2C(=O)c1cccs1.